The highest BCUT2D eigenvalue weighted by Crippen LogP contribution is 2.49. The van der Waals surface area contributed by atoms with Crippen LogP contribution < -0.4 is 5.40 Å². The Morgan fingerprint density at radius 1 is 0.840 bits per heavy atom. The molecular formula is C23H32NSi. The number of nitrogens with two attached hydrogens (primary N) is 1. The average Bonchev–Trinajstić information content (AvgIpc) is 2.77. The molecule has 0 aromatic heterocycles. The van der Waals surface area contributed by atoms with Crippen molar-refractivity contribution in [3.05, 3.63) is 70.2 Å². The smallest absolute Gasteiger partial charge is 0.150 e. The van der Waals surface area contributed by atoms with E-state index in [0.29, 0.717) is 0 Å². The van der Waals surface area contributed by atoms with E-state index in [1.54, 1.807) is 0 Å². The van der Waals surface area contributed by atoms with Gasteiger partial charge < -0.3 is 5.40 Å². The molecule has 0 heterocycles. The van der Waals surface area contributed by atoms with Gasteiger partial charge in [0, 0.05) is 0 Å². The number of rotatable bonds is 1. The van der Waals surface area contributed by atoms with Gasteiger partial charge >= 0.3 is 0 Å². The molecule has 0 spiro atoms. The van der Waals surface area contributed by atoms with E-state index in [2.05, 4.69) is 91.1 Å². The number of hydrogen-bond donors (Lipinski definition) is 1. The second kappa shape index (κ2) is 5.56. The highest BCUT2D eigenvalue weighted by molar-refractivity contribution is 6.92. The molecule has 133 valence electrons. The van der Waals surface area contributed by atoms with Gasteiger partial charge in [0.25, 0.3) is 0 Å². The molecule has 0 amide bonds. The van der Waals surface area contributed by atoms with E-state index in [1.807, 2.05) is 0 Å². The van der Waals surface area contributed by atoms with Crippen molar-refractivity contribution in [1.29, 1.82) is 0 Å². The maximum atomic E-state index is 6.72. The van der Waals surface area contributed by atoms with Gasteiger partial charge in [-0.05, 0) is 43.9 Å². The Bertz CT molecular complexity index is 802. The Morgan fingerprint density at radius 3 is 2.00 bits per heavy atom. The summed E-state index contributed by atoms with van der Waals surface area (Å²) in [4.78, 5) is 0. The third-order valence-corrected chi connectivity index (χ3v) is 7.07. The molecule has 0 aliphatic heterocycles. The molecule has 0 saturated heterocycles. The summed E-state index contributed by atoms with van der Waals surface area (Å²) >= 11 is 0. The van der Waals surface area contributed by atoms with Crippen LogP contribution in [-0.4, -0.2) is 8.24 Å². The monoisotopic (exact) mass is 350 g/mol. The van der Waals surface area contributed by atoms with Crippen LogP contribution in [0.2, 0.25) is 13.1 Å². The lowest BCUT2D eigenvalue weighted by atomic mass is 9.78. The summed E-state index contributed by atoms with van der Waals surface area (Å²) in [5.74, 6) is 1.37. The van der Waals surface area contributed by atoms with E-state index >= 15 is 0 Å². The Hall–Kier alpha value is -1.38. The Balaban J connectivity index is 2.24. The summed E-state index contributed by atoms with van der Waals surface area (Å²) in [5, 5.41) is 8.12. The Morgan fingerprint density at radius 2 is 1.48 bits per heavy atom. The zero-order chi connectivity index (χ0) is 18.8. The fourth-order valence-electron chi connectivity index (χ4n) is 3.74. The van der Waals surface area contributed by atoms with Crippen LogP contribution >= 0.6 is 0 Å². The third-order valence-electron chi connectivity index (χ3n) is 5.24. The van der Waals surface area contributed by atoms with Crippen LogP contribution in [0.3, 0.4) is 0 Å². The van der Waals surface area contributed by atoms with E-state index in [-0.39, 0.29) is 10.8 Å². The maximum absolute atomic E-state index is 6.72. The standard InChI is InChI=1S/C23H32NSi/c1-22(2,3)15-9-11-17-19(13-15)20-14-16(23(4,5)6)10-12-18(20)21(17)25(7,8)24/h9-14H,24H2,1-8H3. The number of benzene rings is 1. The largest absolute Gasteiger partial charge is 0.347 e. The summed E-state index contributed by atoms with van der Waals surface area (Å²) in [6.45, 7) is 18.2. The van der Waals surface area contributed by atoms with Crippen LogP contribution in [0.15, 0.2) is 47.6 Å². The van der Waals surface area contributed by atoms with Crippen LogP contribution in [0.5, 0.6) is 0 Å². The number of hydrogen-bond acceptors (Lipinski definition) is 1. The van der Waals surface area contributed by atoms with E-state index < -0.39 is 8.24 Å². The first kappa shape index (κ1) is 18.4. The summed E-state index contributed by atoms with van der Waals surface area (Å²) in [6.07, 6.45) is 6.99. The fourth-order valence-corrected chi connectivity index (χ4v) is 5.57. The molecule has 3 rings (SSSR count). The van der Waals surface area contributed by atoms with Gasteiger partial charge in [-0.25, -0.2) is 0 Å². The first-order valence-electron chi connectivity index (χ1n) is 9.26. The van der Waals surface area contributed by atoms with Crippen molar-refractivity contribution >= 4 is 13.4 Å². The second-order valence-corrected chi connectivity index (χ2v) is 14.1. The molecule has 0 bridgehead atoms. The van der Waals surface area contributed by atoms with Crippen molar-refractivity contribution in [3.8, 4) is 0 Å². The molecule has 1 aromatic carbocycles. The topological polar surface area (TPSA) is 26.0 Å². The van der Waals surface area contributed by atoms with Crippen LogP contribution in [0.4, 0.5) is 0 Å². The molecular weight excluding hydrogens is 318 g/mol. The molecule has 1 radical (unpaired) electrons. The zero-order valence-corrected chi connectivity index (χ0v) is 18.0. The lowest BCUT2D eigenvalue weighted by Crippen LogP contribution is -2.40. The van der Waals surface area contributed by atoms with Crippen molar-refractivity contribution in [3.63, 3.8) is 0 Å². The minimum Gasteiger partial charge on any atom is -0.347 e. The van der Waals surface area contributed by atoms with Gasteiger partial charge in [0.1, 0.15) is 8.24 Å². The molecule has 0 unspecified atom stereocenters. The van der Waals surface area contributed by atoms with Gasteiger partial charge in [-0.1, -0.05) is 91.1 Å². The predicted molar refractivity (Wildman–Crippen MR) is 113 cm³/mol. The Kier molecular flexibility index (Phi) is 4.09. The summed E-state index contributed by atoms with van der Waals surface area (Å²) < 4.78 is 0. The van der Waals surface area contributed by atoms with Crippen LogP contribution in [0.25, 0.3) is 5.20 Å². The second-order valence-electron chi connectivity index (χ2n) is 10.1. The van der Waals surface area contributed by atoms with Gasteiger partial charge in [0.2, 0.25) is 0 Å². The summed E-state index contributed by atoms with van der Waals surface area (Å²) in [5.41, 5.74) is 7.15. The molecule has 1 nitrogen and oxygen atoms in total. The third kappa shape index (κ3) is 3.22. The first-order valence-corrected chi connectivity index (χ1v) is 12.3. The van der Waals surface area contributed by atoms with Crippen LogP contribution in [-0.2, 0) is 5.41 Å². The molecule has 25 heavy (non-hydrogen) atoms. The van der Waals surface area contributed by atoms with E-state index in [1.165, 1.54) is 39.0 Å². The highest BCUT2D eigenvalue weighted by Gasteiger charge is 2.39. The van der Waals surface area contributed by atoms with Gasteiger partial charge in [-0.2, -0.15) is 0 Å². The quantitative estimate of drug-likeness (QED) is 0.625. The zero-order valence-electron chi connectivity index (χ0n) is 17.0. The first-order chi connectivity index (χ1) is 11.3. The number of fused-ring (bicyclic) bond motifs is 3. The maximum Gasteiger partial charge on any atom is 0.150 e. The van der Waals surface area contributed by atoms with Crippen molar-refractivity contribution < 1.29 is 0 Å². The minimum absolute atomic E-state index is 0.148. The fraction of sp³-hybridized carbons (Fsp3) is 0.435. The highest BCUT2D eigenvalue weighted by atomic mass is 28.3. The summed E-state index contributed by atoms with van der Waals surface area (Å²) in [6, 6.07) is 6.99. The van der Waals surface area contributed by atoms with Crippen molar-refractivity contribution in [2.45, 2.75) is 60.1 Å². The summed E-state index contributed by atoms with van der Waals surface area (Å²) in [7, 11) is -1.94. The molecule has 2 heteroatoms. The van der Waals surface area contributed by atoms with Crippen LogP contribution in [0, 0.1) is 11.3 Å². The van der Waals surface area contributed by atoms with Gasteiger partial charge in [-0.15, -0.1) is 0 Å². The van der Waals surface area contributed by atoms with Gasteiger partial charge in [0.05, 0.1) is 5.92 Å². The lowest BCUT2D eigenvalue weighted by molar-refractivity contribution is 0.515. The minimum atomic E-state index is -1.94. The van der Waals surface area contributed by atoms with E-state index in [0.717, 1.165) is 0 Å². The van der Waals surface area contributed by atoms with Gasteiger partial charge in [0.15, 0.2) is 0 Å². The average molecular weight is 351 g/mol. The molecule has 2 aliphatic rings. The van der Waals surface area contributed by atoms with Crippen molar-refractivity contribution in [1.82, 2.24) is 0 Å². The molecule has 0 atom stereocenters. The van der Waals surface area contributed by atoms with Crippen LogP contribution in [0.1, 0.15) is 58.2 Å². The molecule has 1 aromatic rings. The van der Waals surface area contributed by atoms with Crippen molar-refractivity contribution in [2.75, 3.05) is 0 Å². The Labute approximate surface area is 154 Å². The molecule has 2 N–H and O–H groups in total. The number of allylic oxidation sites excluding steroid dienone is 5. The normalized spacial score (nSPS) is 18.4. The molecule has 0 fully saturated rings. The predicted octanol–water partition coefficient (Wildman–Crippen LogP) is 5.92. The van der Waals surface area contributed by atoms with Crippen molar-refractivity contribution in [2.24, 2.45) is 10.8 Å². The van der Waals surface area contributed by atoms with Gasteiger partial charge in [-0.3, -0.25) is 0 Å². The SMILES string of the molecule is CC(C)(C)C1=C[C]2C(=C([Si](C)(C)N)c3ccc(C(C)(C)C)cc32)C=C1. The molecule has 0 saturated carbocycles. The van der Waals surface area contributed by atoms with E-state index in [9.17, 15) is 0 Å². The molecule has 2 aliphatic carbocycles. The van der Waals surface area contributed by atoms with E-state index in [4.69, 9.17) is 5.40 Å². The lowest BCUT2D eigenvalue weighted by Gasteiger charge is -2.27.